The molecule has 0 bridgehead atoms. The molecule has 1 unspecified atom stereocenters. The van der Waals surface area contributed by atoms with Gasteiger partial charge in [0.15, 0.2) is 0 Å². The lowest BCUT2D eigenvalue weighted by Gasteiger charge is -2.22. The van der Waals surface area contributed by atoms with Crippen LogP contribution < -0.4 is 5.32 Å². The Labute approximate surface area is 137 Å². The third-order valence-corrected chi connectivity index (χ3v) is 3.94. The van der Waals surface area contributed by atoms with Crippen molar-refractivity contribution >= 4 is 11.3 Å². The lowest BCUT2D eigenvalue weighted by molar-refractivity contribution is 0.0262. The Hall–Kier alpha value is -1.20. The van der Waals surface area contributed by atoms with Crippen LogP contribution in [0, 0.1) is 0 Å². The van der Waals surface area contributed by atoms with E-state index in [4.69, 9.17) is 4.74 Å². The summed E-state index contributed by atoms with van der Waals surface area (Å²) in [5, 5.41) is 17.4. The van der Waals surface area contributed by atoms with Gasteiger partial charge in [0.25, 0.3) is 0 Å². The molecule has 2 aromatic rings. The summed E-state index contributed by atoms with van der Waals surface area (Å²) in [6.07, 6.45) is -0.482. The lowest BCUT2D eigenvalue weighted by atomic mass is 10.1. The minimum Gasteiger partial charge on any atom is -0.389 e. The summed E-state index contributed by atoms with van der Waals surface area (Å²) in [5.41, 5.74) is 3.61. The number of rotatable bonds is 7. The number of hydrogen-bond donors (Lipinski definition) is 2. The fraction of sp³-hybridized carbons (Fsp3) is 0.444. The number of thiophene rings is 1. The van der Waals surface area contributed by atoms with Crippen molar-refractivity contribution in [1.29, 1.82) is 0 Å². The molecule has 1 aromatic carbocycles. The van der Waals surface area contributed by atoms with Crippen LogP contribution in [0.4, 0.5) is 0 Å². The summed E-state index contributed by atoms with van der Waals surface area (Å²) in [7, 11) is 0. The first-order valence-electron chi connectivity index (χ1n) is 7.56. The molecule has 120 valence electrons. The average Bonchev–Trinajstić information content (AvgIpc) is 2.99. The van der Waals surface area contributed by atoms with E-state index in [1.807, 2.05) is 0 Å². The first-order valence-corrected chi connectivity index (χ1v) is 8.51. The van der Waals surface area contributed by atoms with Gasteiger partial charge in [-0.3, -0.25) is 0 Å². The zero-order chi connectivity index (χ0) is 16.0. The van der Waals surface area contributed by atoms with E-state index in [1.54, 1.807) is 11.3 Å². The third kappa shape index (κ3) is 5.89. The van der Waals surface area contributed by atoms with E-state index in [9.17, 15) is 5.11 Å². The van der Waals surface area contributed by atoms with Crippen molar-refractivity contribution in [3.63, 3.8) is 0 Å². The summed E-state index contributed by atoms with van der Waals surface area (Å²) in [4.78, 5) is 0. The molecule has 0 radical (unpaired) electrons. The Kier molecular flexibility index (Phi) is 6.15. The smallest absolute Gasteiger partial charge is 0.0898 e. The van der Waals surface area contributed by atoms with Crippen molar-refractivity contribution in [3.8, 4) is 11.1 Å². The molecule has 1 aromatic heterocycles. The van der Waals surface area contributed by atoms with Gasteiger partial charge in [-0.15, -0.1) is 0 Å². The quantitative estimate of drug-likeness (QED) is 0.818. The lowest BCUT2D eigenvalue weighted by Crippen LogP contribution is -2.42. The second-order valence-corrected chi connectivity index (χ2v) is 7.29. The van der Waals surface area contributed by atoms with Crippen molar-refractivity contribution in [1.82, 2.24) is 5.32 Å². The highest BCUT2D eigenvalue weighted by Gasteiger charge is 2.12. The fourth-order valence-corrected chi connectivity index (χ4v) is 2.68. The van der Waals surface area contributed by atoms with E-state index in [0.29, 0.717) is 19.8 Å². The molecule has 1 atom stereocenters. The van der Waals surface area contributed by atoms with Crippen LogP contribution in [0.15, 0.2) is 41.1 Å². The number of benzene rings is 1. The van der Waals surface area contributed by atoms with Crippen molar-refractivity contribution in [2.45, 2.75) is 39.0 Å². The number of aliphatic hydroxyl groups excluding tert-OH is 1. The summed E-state index contributed by atoms with van der Waals surface area (Å²) >= 11 is 1.70. The Bertz CT molecular complexity index is 543. The van der Waals surface area contributed by atoms with Gasteiger partial charge in [-0.05, 0) is 54.3 Å². The molecule has 0 saturated heterocycles. The van der Waals surface area contributed by atoms with Gasteiger partial charge >= 0.3 is 0 Å². The zero-order valence-corrected chi connectivity index (χ0v) is 14.3. The maximum Gasteiger partial charge on any atom is 0.0898 e. The molecule has 2 rings (SSSR count). The maximum absolute atomic E-state index is 9.87. The van der Waals surface area contributed by atoms with Crippen molar-refractivity contribution < 1.29 is 9.84 Å². The van der Waals surface area contributed by atoms with Gasteiger partial charge in [0, 0.05) is 12.1 Å². The molecule has 0 aliphatic heterocycles. The molecule has 0 fully saturated rings. The number of hydrogen-bond acceptors (Lipinski definition) is 4. The van der Waals surface area contributed by atoms with Gasteiger partial charge in [0.1, 0.15) is 0 Å². The Balaban J connectivity index is 1.73. The van der Waals surface area contributed by atoms with Crippen molar-refractivity contribution in [2.24, 2.45) is 0 Å². The summed E-state index contributed by atoms with van der Waals surface area (Å²) < 4.78 is 5.59. The van der Waals surface area contributed by atoms with Crippen LogP contribution in [-0.2, 0) is 11.3 Å². The summed E-state index contributed by atoms with van der Waals surface area (Å²) in [6, 6.07) is 10.5. The monoisotopic (exact) mass is 319 g/mol. The van der Waals surface area contributed by atoms with E-state index in [1.165, 1.54) is 11.1 Å². The molecular weight excluding hydrogens is 294 g/mol. The van der Waals surface area contributed by atoms with Crippen LogP contribution in [0.5, 0.6) is 0 Å². The van der Waals surface area contributed by atoms with Crippen LogP contribution in [0.1, 0.15) is 26.3 Å². The largest absolute Gasteiger partial charge is 0.389 e. The predicted octanol–water partition coefficient (Wildman–Crippen LogP) is 3.68. The van der Waals surface area contributed by atoms with E-state index in [-0.39, 0.29) is 5.54 Å². The van der Waals surface area contributed by atoms with Crippen LogP contribution in [0.3, 0.4) is 0 Å². The van der Waals surface area contributed by atoms with Gasteiger partial charge in [-0.1, -0.05) is 24.3 Å². The zero-order valence-electron chi connectivity index (χ0n) is 13.5. The average molecular weight is 319 g/mol. The molecule has 0 saturated carbocycles. The molecule has 0 spiro atoms. The molecule has 0 aliphatic carbocycles. The highest BCUT2D eigenvalue weighted by atomic mass is 32.1. The van der Waals surface area contributed by atoms with Crippen molar-refractivity contribution in [2.75, 3.05) is 13.2 Å². The Morgan fingerprint density at radius 2 is 1.86 bits per heavy atom. The van der Waals surface area contributed by atoms with E-state index < -0.39 is 6.10 Å². The van der Waals surface area contributed by atoms with Gasteiger partial charge in [0.05, 0.1) is 19.3 Å². The van der Waals surface area contributed by atoms with Crippen molar-refractivity contribution in [3.05, 3.63) is 46.7 Å². The number of nitrogens with one attached hydrogen (secondary N) is 1. The second-order valence-electron chi connectivity index (χ2n) is 6.51. The SMILES string of the molecule is CC(C)(C)NCC(O)COCc1ccc(-c2ccsc2)cc1. The van der Waals surface area contributed by atoms with Gasteiger partial charge in [-0.25, -0.2) is 0 Å². The molecule has 3 nitrogen and oxygen atoms in total. The number of ether oxygens (including phenoxy) is 1. The molecule has 1 heterocycles. The topological polar surface area (TPSA) is 41.5 Å². The fourth-order valence-electron chi connectivity index (χ4n) is 2.02. The Morgan fingerprint density at radius 3 is 2.45 bits per heavy atom. The number of aliphatic hydroxyl groups is 1. The maximum atomic E-state index is 9.87. The molecule has 0 aliphatic rings. The highest BCUT2D eigenvalue weighted by Crippen LogP contribution is 2.22. The van der Waals surface area contributed by atoms with E-state index in [2.05, 4.69) is 67.2 Å². The van der Waals surface area contributed by atoms with Gasteiger partial charge in [-0.2, -0.15) is 11.3 Å². The van der Waals surface area contributed by atoms with Gasteiger partial charge in [0.2, 0.25) is 0 Å². The molecular formula is C18H25NO2S. The van der Waals surface area contributed by atoms with E-state index >= 15 is 0 Å². The predicted molar refractivity (Wildman–Crippen MR) is 93.2 cm³/mol. The van der Waals surface area contributed by atoms with E-state index in [0.717, 1.165) is 5.56 Å². The van der Waals surface area contributed by atoms with Crippen LogP contribution in [-0.4, -0.2) is 29.9 Å². The molecule has 0 amide bonds. The van der Waals surface area contributed by atoms with Crippen LogP contribution >= 0.6 is 11.3 Å². The summed E-state index contributed by atoms with van der Waals surface area (Å²) in [6.45, 7) is 7.65. The molecule has 22 heavy (non-hydrogen) atoms. The van der Waals surface area contributed by atoms with Crippen LogP contribution in [0.2, 0.25) is 0 Å². The second kappa shape index (κ2) is 7.88. The molecule has 2 N–H and O–H groups in total. The first kappa shape index (κ1) is 17.2. The minimum atomic E-state index is -0.482. The normalized spacial score (nSPS) is 13.3. The minimum absolute atomic E-state index is 0.0124. The Morgan fingerprint density at radius 1 is 1.14 bits per heavy atom. The summed E-state index contributed by atoms with van der Waals surface area (Å²) in [5.74, 6) is 0. The standard InChI is InChI=1S/C18H25NO2S/c1-18(2,3)19-10-17(20)12-21-11-14-4-6-15(7-5-14)16-8-9-22-13-16/h4-9,13,17,19-20H,10-12H2,1-3H3. The van der Waals surface area contributed by atoms with Gasteiger partial charge < -0.3 is 15.2 Å². The molecule has 4 heteroatoms. The third-order valence-electron chi connectivity index (χ3n) is 3.26. The highest BCUT2D eigenvalue weighted by molar-refractivity contribution is 7.08. The first-order chi connectivity index (χ1) is 10.4. The number of β-amino-alcohol motifs (C(OH)–C–C–N with tert-alkyl or cyclic N) is 1. The van der Waals surface area contributed by atoms with Crippen LogP contribution in [0.25, 0.3) is 11.1 Å².